The summed E-state index contributed by atoms with van der Waals surface area (Å²) in [5.41, 5.74) is 2.44. The highest BCUT2D eigenvalue weighted by Crippen LogP contribution is 2.67. The number of rotatable bonds is 7. The Bertz CT molecular complexity index is 714. The van der Waals surface area contributed by atoms with Crippen LogP contribution in [0.3, 0.4) is 0 Å². The van der Waals surface area contributed by atoms with E-state index < -0.39 is 0 Å². The summed E-state index contributed by atoms with van der Waals surface area (Å²) in [6.45, 7) is 12.5. The minimum Gasteiger partial charge on any atom is -0.461 e. The molecule has 2 nitrogen and oxygen atoms in total. The summed E-state index contributed by atoms with van der Waals surface area (Å²) in [4.78, 5) is 11.7. The fourth-order valence-electron chi connectivity index (χ4n) is 8.97. The summed E-state index contributed by atoms with van der Waals surface area (Å²) in [7, 11) is 0. The Hall–Kier alpha value is -0.500. The Labute approximate surface area is 202 Å². The molecule has 0 N–H and O–H groups in total. The lowest BCUT2D eigenvalue weighted by Crippen LogP contribution is -2.51. The summed E-state index contributed by atoms with van der Waals surface area (Å²) in [5.74, 6) is 4.92. The molecule has 4 aliphatic carbocycles. The molecule has 0 aliphatic heterocycles. The SMILES string of the molecule is CC(C)CCC[C@@H](C)[C@H]1CCC2C3CC=C4CC(OC(=O)CCl)CC[C@]4(C)C3CC[C@@]21C. The van der Waals surface area contributed by atoms with Gasteiger partial charge in [-0.2, -0.15) is 0 Å². The molecule has 4 aliphatic rings. The van der Waals surface area contributed by atoms with Crippen molar-refractivity contribution in [1.29, 1.82) is 0 Å². The van der Waals surface area contributed by atoms with E-state index in [-0.39, 0.29) is 18.0 Å². The van der Waals surface area contributed by atoms with Gasteiger partial charge in [-0.25, -0.2) is 0 Å². The third kappa shape index (κ3) is 4.44. The van der Waals surface area contributed by atoms with Gasteiger partial charge in [-0.05, 0) is 91.3 Å². The molecule has 0 radical (unpaired) electrons. The van der Waals surface area contributed by atoms with Gasteiger partial charge in [0, 0.05) is 6.42 Å². The third-order valence-corrected chi connectivity index (χ3v) is 10.9. The molecule has 182 valence electrons. The molecule has 0 heterocycles. The minimum absolute atomic E-state index is 0.0329. The molecule has 4 rings (SSSR count). The zero-order valence-corrected chi connectivity index (χ0v) is 22.1. The second kappa shape index (κ2) is 9.63. The monoisotopic (exact) mass is 462 g/mol. The molecule has 4 unspecified atom stereocenters. The van der Waals surface area contributed by atoms with Crippen molar-refractivity contribution >= 4 is 17.6 Å². The van der Waals surface area contributed by atoms with Gasteiger partial charge < -0.3 is 4.74 Å². The highest BCUT2D eigenvalue weighted by atomic mass is 35.5. The molecule has 0 aromatic heterocycles. The Kier molecular flexibility index (Phi) is 7.41. The predicted octanol–water partition coefficient (Wildman–Crippen LogP) is 8.18. The van der Waals surface area contributed by atoms with Gasteiger partial charge in [0.2, 0.25) is 0 Å². The van der Waals surface area contributed by atoms with E-state index in [1.807, 2.05) is 0 Å². The van der Waals surface area contributed by atoms with E-state index in [9.17, 15) is 4.79 Å². The second-order valence-electron chi connectivity index (χ2n) is 12.8. The zero-order valence-electron chi connectivity index (χ0n) is 21.3. The fourth-order valence-corrected chi connectivity index (χ4v) is 9.03. The second-order valence-corrected chi connectivity index (χ2v) is 13.0. The Morgan fingerprint density at radius 2 is 1.88 bits per heavy atom. The summed E-state index contributed by atoms with van der Waals surface area (Å²) < 4.78 is 5.63. The maximum atomic E-state index is 11.7. The lowest BCUT2D eigenvalue weighted by Gasteiger charge is -2.58. The van der Waals surface area contributed by atoms with E-state index in [2.05, 4.69) is 40.7 Å². The first-order chi connectivity index (χ1) is 15.2. The van der Waals surface area contributed by atoms with E-state index >= 15 is 0 Å². The molecular formula is C29H47ClO2. The van der Waals surface area contributed by atoms with Crippen molar-refractivity contribution in [1.82, 2.24) is 0 Å². The minimum atomic E-state index is -0.262. The van der Waals surface area contributed by atoms with Crippen LogP contribution in [0.1, 0.15) is 105 Å². The lowest BCUT2D eigenvalue weighted by atomic mass is 9.47. The molecule has 0 bridgehead atoms. The van der Waals surface area contributed by atoms with Crippen LogP contribution in [0.4, 0.5) is 0 Å². The summed E-state index contributed by atoms with van der Waals surface area (Å²) in [5, 5.41) is 0. The normalized spacial score (nSPS) is 42.0. The number of halogens is 1. The van der Waals surface area contributed by atoms with Crippen molar-refractivity contribution < 1.29 is 9.53 Å². The topological polar surface area (TPSA) is 26.3 Å². The van der Waals surface area contributed by atoms with Gasteiger partial charge in [0.1, 0.15) is 12.0 Å². The van der Waals surface area contributed by atoms with E-state index in [1.54, 1.807) is 5.57 Å². The molecule has 0 aromatic rings. The van der Waals surface area contributed by atoms with Crippen molar-refractivity contribution in [2.24, 2.45) is 46.3 Å². The number of hydrogen-bond donors (Lipinski definition) is 0. The maximum absolute atomic E-state index is 11.7. The molecule has 0 amide bonds. The van der Waals surface area contributed by atoms with Crippen LogP contribution in [0, 0.1) is 46.3 Å². The van der Waals surface area contributed by atoms with Gasteiger partial charge in [-0.3, -0.25) is 4.79 Å². The average molecular weight is 463 g/mol. The van der Waals surface area contributed by atoms with Crippen LogP contribution in [-0.2, 0) is 9.53 Å². The summed E-state index contributed by atoms with van der Waals surface area (Å²) >= 11 is 5.68. The smallest absolute Gasteiger partial charge is 0.321 e. The van der Waals surface area contributed by atoms with E-state index in [4.69, 9.17) is 16.3 Å². The number of esters is 1. The first-order valence-electron chi connectivity index (χ1n) is 13.6. The van der Waals surface area contributed by atoms with Crippen LogP contribution >= 0.6 is 11.6 Å². The Morgan fingerprint density at radius 1 is 1.09 bits per heavy atom. The van der Waals surface area contributed by atoms with Gasteiger partial charge in [0.15, 0.2) is 0 Å². The number of hydrogen-bond acceptors (Lipinski definition) is 2. The van der Waals surface area contributed by atoms with Crippen LogP contribution in [-0.4, -0.2) is 18.0 Å². The van der Waals surface area contributed by atoms with Crippen molar-refractivity contribution in [2.45, 2.75) is 111 Å². The van der Waals surface area contributed by atoms with Crippen LogP contribution in [0.2, 0.25) is 0 Å². The molecule has 8 atom stereocenters. The Balaban J connectivity index is 1.45. The molecular weight excluding hydrogens is 416 g/mol. The highest BCUT2D eigenvalue weighted by Gasteiger charge is 2.59. The maximum Gasteiger partial charge on any atom is 0.321 e. The largest absolute Gasteiger partial charge is 0.461 e. The van der Waals surface area contributed by atoms with Crippen molar-refractivity contribution in [3.63, 3.8) is 0 Å². The van der Waals surface area contributed by atoms with Crippen molar-refractivity contribution in [3.8, 4) is 0 Å². The van der Waals surface area contributed by atoms with Gasteiger partial charge in [-0.15, -0.1) is 11.6 Å². The van der Waals surface area contributed by atoms with Crippen molar-refractivity contribution in [3.05, 3.63) is 11.6 Å². The number of carbonyl (C=O) groups excluding carboxylic acids is 1. The molecule has 3 heteroatoms. The molecule has 0 aromatic carbocycles. The first kappa shape index (κ1) is 24.6. The molecule has 3 saturated carbocycles. The fraction of sp³-hybridized carbons (Fsp3) is 0.897. The molecule has 32 heavy (non-hydrogen) atoms. The standard InChI is InChI=1S/C29H47ClO2/c1-19(2)7-6-8-20(3)24-11-12-25-23-10-9-21-17-22(32-27(31)18-30)13-15-28(21,4)26(23)14-16-29(24,25)5/h9,19-20,22-26H,6-8,10-18H2,1-5H3/t20-,22?,23?,24-,25?,26?,28+,29-/m1/s1. The first-order valence-corrected chi connectivity index (χ1v) is 14.2. The van der Waals surface area contributed by atoms with E-state index in [1.165, 1.54) is 57.8 Å². The summed E-state index contributed by atoms with van der Waals surface area (Å²) in [6.07, 6.45) is 16.9. The quantitative estimate of drug-likeness (QED) is 0.216. The third-order valence-electron chi connectivity index (χ3n) is 10.7. The van der Waals surface area contributed by atoms with Crippen LogP contribution < -0.4 is 0 Å². The van der Waals surface area contributed by atoms with Gasteiger partial charge >= 0.3 is 5.97 Å². The van der Waals surface area contributed by atoms with Crippen molar-refractivity contribution in [2.75, 3.05) is 5.88 Å². The number of carbonyl (C=O) groups is 1. The summed E-state index contributed by atoms with van der Waals surface area (Å²) in [6, 6.07) is 0. The van der Waals surface area contributed by atoms with Crippen LogP contribution in [0.25, 0.3) is 0 Å². The predicted molar refractivity (Wildman–Crippen MR) is 134 cm³/mol. The Morgan fingerprint density at radius 3 is 2.59 bits per heavy atom. The number of fused-ring (bicyclic) bond motifs is 5. The highest BCUT2D eigenvalue weighted by molar-refractivity contribution is 6.26. The molecule has 3 fully saturated rings. The molecule has 0 spiro atoms. The van der Waals surface area contributed by atoms with Gasteiger partial charge in [-0.1, -0.05) is 65.5 Å². The number of alkyl halides is 1. The van der Waals surface area contributed by atoms with E-state index in [0.29, 0.717) is 10.8 Å². The zero-order chi connectivity index (χ0) is 23.1. The van der Waals surface area contributed by atoms with Gasteiger partial charge in [0.05, 0.1) is 0 Å². The van der Waals surface area contributed by atoms with Gasteiger partial charge in [0.25, 0.3) is 0 Å². The van der Waals surface area contributed by atoms with Crippen LogP contribution in [0.15, 0.2) is 11.6 Å². The average Bonchev–Trinajstić information content (AvgIpc) is 3.11. The van der Waals surface area contributed by atoms with E-state index in [0.717, 1.165) is 48.3 Å². The number of ether oxygens (including phenoxy) is 1. The van der Waals surface area contributed by atoms with Crippen LogP contribution in [0.5, 0.6) is 0 Å². The molecule has 0 saturated heterocycles. The lowest BCUT2D eigenvalue weighted by molar-refractivity contribution is -0.148. The number of allylic oxidation sites excluding steroid dienone is 1.